The molecule has 2 rings (SSSR count). The van der Waals surface area contributed by atoms with Crippen molar-refractivity contribution in [2.45, 2.75) is 45.1 Å². The second kappa shape index (κ2) is 5.80. The van der Waals surface area contributed by atoms with E-state index in [1.807, 2.05) is 0 Å². The van der Waals surface area contributed by atoms with Crippen molar-refractivity contribution in [1.82, 2.24) is 9.80 Å². The zero-order valence-electron chi connectivity index (χ0n) is 12.6. The monoisotopic (exact) mass is 268 g/mol. The summed E-state index contributed by atoms with van der Waals surface area (Å²) in [6.45, 7) is 8.29. The van der Waals surface area contributed by atoms with Crippen LogP contribution in [0, 0.1) is 11.8 Å². The molecule has 1 saturated heterocycles. The molecular formula is C15H28N2O2. The molecule has 0 radical (unpaired) electrons. The fourth-order valence-corrected chi connectivity index (χ4v) is 3.68. The van der Waals surface area contributed by atoms with E-state index >= 15 is 0 Å². The largest absolute Gasteiger partial charge is 0.480 e. The predicted octanol–water partition coefficient (Wildman–Crippen LogP) is 1.90. The molecule has 1 aliphatic heterocycles. The minimum absolute atomic E-state index is 0.577. The van der Waals surface area contributed by atoms with Gasteiger partial charge in [0.2, 0.25) is 0 Å². The van der Waals surface area contributed by atoms with Crippen LogP contribution in [0.5, 0.6) is 0 Å². The number of rotatable bonds is 3. The molecule has 0 atom stereocenters. The van der Waals surface area contributed by atoms with Gasteiger partial charge in [0, 0.05) is 26.2 Å². The number of carbonyl (C=O) groups is 1. The maximum absolute atomic E-state index is 11.9. The van der Waals surface area contributed by atoms with Crippen molar-refractivity contribution in [3.8, 4) is 0 Å². The van der Waals surface area contributed by atoms with Crippen molar-refractivity contribution in [1.29, 1.82) is 0 Å². The number of carboxylic acids is 1. The lowest BCUT2D eigenvalue weighted by atomic mass is 9.72. The minimum Gasteiger partial charge on any atom is -0.480 e. The van der Waals surface area contributed by atoms with Crippen LogP contribution in [0.15, 0.2) is 0 Å². The number of aliphatic carboxylic acids is 1. The molecule has 0 amide bonds. The molecule has 0 bridgehead atoms. The highest BCUT2D eigenvalue weighted by Gasteiger charge is 2.47. The molecule has 1 heterocycles. The fourth-order valence-electron chi connectivity index (χ4n) is 3.68. The van der Waals surface area contributed by atoms with Gasteiger partial charge in [-0.05, 0) is 44.6 Å². The van der Waals surface area contributed by atoms with Crippen LogP contribution in [0.25, 0.3) is 0 Å². The van der Waals surface area contributed by atoms with Crippen molar-refractivity contribution in [3.63, 3.8) is 0 Å². The Morgan fingerprint density at radius 1 is 1.16 bits per heavy atom. The summed E-state index contributed by atoms with van der Waals surface area (Å²) in [5.41, 5.74) is -0.577. The van der Waals surface area contributed by atoms with Crippen molar-refractivity contribution < 1.29 is 9.90 Å². The molecule has 0 unspecified atom stereocenters. The van der Waals surface area contributed by atoms with Crippen molar-refractivity contribution in [3.05, 3.63) is 0 Å². The molecule has 0 spiro atoms. The Hall–Kier alpha value is -0.610. The molecule has 0 aromatic carbocycles. The van der Waals surface area contributed by atoms with Gasteiger partial charge < -0.3 is 10.0 Å². The summed E-state index contributed by atoms with van der Waals surface area (Å²) in [7, 11) is 2.11. The normalized spacial score (nSPS) is 34.6. The number of hydrogen-bond acceptors (Lipinski definition) is 3. The smallest absolute Gasteiger partial charge is 0.324 e. The van der Waals surface area contributed by atoms with Gasteiger partial charge in [-0.15, -0.1) is 0 Å². The van der Waals surface area contributed by atoms with Gasteiger partial charge >= 0.3 is 5.97 Å². The molecule has 2 aliphatic rings. The number of piperazine rings is 1. The van der Waals surface area contributed by atoms with Crippen LogP contribution in [0.1, 0.15) is 39.5 Å². The average molecular weight is 268 g/mol. The number of likely N-dealkylation sites (N-methyl/N-ethyl adjacent to an activating group) is 1. The molecule has 1 aliphatic carbocycles. The SMILES string of the molecule is CC(C)C1CCC(C(=O)O)(N2CCN(C)CC2)CC1. The summed E-state index contributed by atoms with van der Waals surface area (Å²) in [5, 5.41) is 9.78. The molecule has 110 valence electrons. The summed E-state index contributed by atoms with van der Waals surface area (Å²) in [5.74, 6) is 0.790. The molecule has 1 N–H and O–H groups in total. The molecule has 19 heavy (non-hydrogen) atoms. The van der Waals surface area contributed by atoms with E-state index in [1.165, 1.54) is 0 Å². The van der Waals surface area contributed by atoms with Crippen LogP contribution in [-0.4, -0.2) is 59.6 Å². The standard InChI is InChI=1S/C15H28N2O2/c1-12(2)13-4-6-15(7-5-13,14(18)19)17-10-8-16(3)9-11-17/h12-13H,4-11H2,1-3H3,(H,18,19). The summed E-state index contributed by atoms with van der Waals surface area (Å²) < 4.78 is 0. The van der Waals surface area contributed by atoms with Gasteiger partial charge in [-0.1, -0.05) is 13.8 Å². The van der Waals surface area contributed by atoms with E-state index in [0.717, 1.165) is 51.9 Å². The minimum atomic E-state index is -0.598. The molecule has 0 aromatic heterocycles. The van der Waals surface area contributed by atoms with Crippen LogP contribution >= 0.6 is 0 Å². The Morgan fingerprint density at radius 2 is 1.68 bits per heavy atom. The number of carboxylic acid groups (broad SMARTS) is 1. The van der Waals surface area contributed by atoms with Crippen molar-refractivity contribution in [2.24, 2.45) is 11.8 Å². The van der Waals surface area contributed by atoms with Gasteiger partial charge in [0.15, 0.2) is 0 Å². The Balaban J connectivity index is 2.06. The summed E-state index contributed by atoms with van der Waals surface area (Å²) in [4.78, 5) is 16.4. The Labute approximate surface area is 116 Å². The predicted molar refractivity (Wildman–Crippen MR) is 76.2 cm³/mol. The van der Waals surface area contributed by atoms with Crippen molar-refractivity contribution >= 4 is 5.97 Å². The summed E-state index contributed by atoms with van der Waals surface area (Å²) >= 11 is 0. The third-order valence-corrected chi connectivity index (χ3v) is 5.31. The topological polar surface area (TPSA) is 43.8 Å². The van der Waals surface area contributed by atoms with E-state index in [2.05, 4.69) is 30.7 Å². The summed E-state index contributed by atoms with van der Waals surface area (Å²) in [6.07, 6.45) is 3.79. The lowest BCUT2D eigenvalue weighted by Crippen LogP contribution is -2.61. The lowest BCUT2D eigenvalue weighted by molar-refractivity contribution is -0.157. The highest BCUT2D eigenvalue weighted by Crippen LogP contribution is 2.39. The highest BCUT2D eigenvalue weighted by atomic mass is 16.4. The maximum Gasteiger partial charge on any atom is 0.324 e. The van der Waals surface area contributed by atoms with E-state index in [-0.39, 0.29) is 0 Å². The lowest BCUT2D eigenvalue weighted by Gasteiger charge is -2.48. The number of hydrogen-bond donors (Lipinski definition) is 1. The molecular weight excluding hydrogens is 240 g/mol. The van der Waals surface area contributed by atoms with Crippen LogP contribution in [0.4, 0.5) is 0 Å². The molecule has 2 fully saturated rings. The van der Waals surface area contributed by atoms with Crippen LogP contribution in [0.3, 0.4) is 0 Å². The van der Waals surface area contributed by atoms with E-state index in [1.54, 1.807) is 0 Å². The van der Waals surface area contributed by atoms with E-state index in [9.17, 15) is 9.90 Å². The van der Waals surface area contributed by atoms with Gasteiger partial charge in [0.05, 0.1) is 0 Å². The zero-order chi connectivity index (χ0) is 14.0. The van der Waals surface area contributed by atoms with Gasteiger partial charge in [0.25, 0.3) is 0 Å². The molecule has 4 heteroatoms. The van der Waals surface area contributed by atoms with Gasteiger partial charge in [-0.2, -0.15) is 0 Å². The Morgan fingerprint density at radius 3 is 2.11 bits per heavy atom. The van der Waals surface area contributed by atoms with Gasteiger partial charge in [-0.3, -0.25) is 9.69 Å². The summed E-state index contributed by atoms with van der Waals surface area (Å²) in [6, 6.07) is 0. The quantitative estimate of drug-likeness (QED) is 0.849. The molecule has 1 saturated carbocycles. The van der Waals surface area contributed by atoms with Crippen molar-refractivity contribution in [2.75, 3.05) is 33.2 Å². The first-order chi connectivity index (χ1) is 8.95. The first kappa shape index (κ1) is 14.8. The highest BCUT2D eigenvalue weighted by molar-refractivity contribution is 5.79. The first-order valence-corrected chi connectivity index (χ1v) is 7.63. The van der Waals surface area contributed by atoms with E-state index in [0.29, 0.717) is 11.8 Å². The van der Waals surface area contributed by atoms with Gasteiger partial charge in [-0.25, -0.2) is 0 Å². The van der Waals surface area contributed by atoms with Crippen LogP contribution in [0.2, 0.25) is 0 Å². The zero-order valence-corrected chi connectivity index (χ0v) is 12.6. The Bertz CT molecular complexity index is 314. The average Bonchev–Trinajstić information content (AvgIpc) is 2.39. The fraction of sp³-hybridized carbons (Fsp3) is 0.933. The van der Waals surface area contributed by atoms with Gasteiger partial charge in [0.1, 0.15) is 5.54 Å². The third kappa shape index (κ3) is 2.95. The second-order valence-electron chi connectivity index (χ2n) is 6.71. The number of nitrogens with zero attached hydrogens (tertiary/aromatic N) is 2. The van der Waals surface area contributed by atoms with E-state index < -0.39 is 11.5 Å². The van der Waals surface area contributed by atoms with Crippen LogP contribution < -0.4 is 0 Å². The molecule has 4 nitrogen and oxygen atoms in total. The Kier molecular flexibility index (Phi) is 4.51. The first-order valence-electron chi connectivity index (χ1n) is 7.63. The van der Waals surface area contributed by atoms with E-state index in [4.69, 9.17) is 0 Å². The maximum atomic E-state index is 11.9. The third-order valence-electron chi connectivity index (χ3n) is 5.31. The second-order valence-corrected chi connectivity index (χ2v) is 6.71. The molecule has 0 aromatic rings. The van der Waals surface area contributed by atoms with Crippen LogP contribution in [-0.2, 0) is 4.79 Å².